The quantitative estimate of drug-likeness (QED) is 0.393. The van der Waals surface area contributed by atoms with Crippen molar-refractivity contribution in [1.29, 1.82) is 0 Å². The summed E-state index contributed by atoms with van der Waals surface area (Å²) in [6, 6.07) is 15.7. The number of aliphatic hydroxyl groups is 1. The summed E-state index contributed by atoms with van der Waals surface area (Å²) in [5.41, 5.74) is 0.823. The van der Waals surface area contributed by atoms with Crippen LogP contribution >= 0.6 is 0 Å². The molecule has 3 aromatic rings. The molecular weight excluding hydrogens is 386 g/mol. The van der Waals surface area contributed by atoms with Crippen molar-refractivity contribution in [2.45, 2.75) is 6.04 Å². The predicted molar refractivity (Wildman–Crippen MR) is 109 cm³/mol. The Hall–Kier alpha value is -4.00. The van der Waals surface area contributed by atoms with Crippen molar-refractivity contribution in [2.24, 2.45) is 0 Å². The van der Waals surface area contributed by atoms with E-state index in [1.807, 2.05) is 0 Å². The number of aliphatic hydroxyl groups excluding tert-OH is 1. The van der Waals surface area contributed by atoms with Gasteiger partial charge in [-0.3, -0.25) is 14.5 Å². The van der Waals surface area contributed by atoms with Crippen molar-refractivity contribution >= 4 is 23.1 Å². The van der Waals surface area contributed by atoms with Crippen molar-refractivity contribution in [1.82, 2.24) is 0 Å². The Morgan fingerprint density at radius 2 is 1.53 bits per heavy atom. The number of carbonyl (C=O) groups excluding carboxylic acids is 2. The van der Waals surface area contributed by atoms with Gasteiger partial charge in [0.25, 0.3) is 11.7 Å². The molecule has 0 aliphatic carbocycles. The van der Waals surface area contributed by atoms with E-state index in [9.17, 15) is 14.7 Å². The van der Waals surface area contributed by atoms with Gasteiger partial charge in [-0.25, -0.2) is 0 Å². The van der Waals surface area contributed by atoms with Crippen LogP contribution in [0.1, 0.15) is 17.4 Å². The third-order valence-electron chi connectivity index (χ3n) is 4.97. The van der Waals surface area contributed by atoms with Crippen molar-refractivity contribution in [2.75, 3.05) is 19.1 Å². The molecule has 30 heavy (non-hydrogen) atoms. The van der Waals surface area contributed by atoms with Gasteiger partial charge in [-0.05, 0) is 60.7 Å². The van der Waals surface area contributed by atoms with E-state index in [0.717, 1.165) is 0 Å². The predicted octanol–water partition coefficient (Wildman–Crippen LogP) is 3.92. The molecule has 0 radical (unpaired) electrons. The molecule has 1 aliphatic rings. The van der Waals surface area contributed by atoms with Gasteiger partial charge in [-0.1, -0.05) is 0 Å². The summed E-state index contributed by atoms with van der Waals surface area (Å²) in [5, 5.41) is 11.0. The molecule has 1 N–H and O–H groups in total. The highest BCUT2D eigenvalue weighted by Gasteiger charge is 2.48. The van der Waals surface area contributed by atoms with Gasteiger partial charge in [-0.15, -0.1) is 0 Å². The molecule has 2 aromatic carbocycles. The molecule has 0 bridgehead atoms. The molecule has 152 valence electrons. The van der Waals surface area contributed by atoms with Crippen LogP contribution < -0.4 is 14.4 Å². The second kappa shape index (κ2) is 7.79. The first kappa shape index (κ1) is 19.3. The molecule has 7 heteroatoms. The summed E-state index contributed by atoms with van der Waals surface area (Å²) < 4.78 is 15.8. The van der Waals surface area contributed by atoms with E-state index in [2.05, 4.69) is 0 Å². The maximum absolute atomic E-state index is 13.0. The first-order chi connectivity index (χ1) is 14.5. The van der Waals surface area contributed by atoms with Crippen molar-refractivity contribution in [3.8, 4) is 11.5 Å². The van der Waals surface area contributed by atoms with Crippen LogP contribution in [-0.2, 0) is 9.59 Å². The second-order valence-electron chi connectivity index (χ2n) is 6.61. The first-order valence-electron chi connectivity index (χ1n) is 9.18. The normalized spacial score (nSPS) is 17.9. The fraction of sp³-hybridized carbons (Fsp3) is 0.130. The highest BCUT2D eigenvalue weighted by Crippen LogP contribution is 2.42. The van der Waals surface area contributed by atoms with Crippen LogP contribution in [0.25, 0.3) is 5.76 Å². The zero-order valence-corrected chi connectivity index (χ0v) is 16.4. The first-order valence-corrected chi connectivity index (χ1v) is 9.18. The molecule has 2 heterocycles. The molecule has 1 aromatic heterocycles. The Balaban J connectivity index is 1.86. The molecule has 1 aliphatic heterocycles. The van der Waals surface area contributed by atoms with Crippen LogP contribution in [0.3, 0.4) is 0 Å². The highest BCUT2D eigenvalue weighted by molar-refractivity contribution is 6.51. The number of furan rings is 1. The molecule has 1 amide bonds. The summed E-state index contributed by atoms with van der Waals surface area (Å²) in [6.07, 6.45) is 1.46. The number of Topliss-reactive ketones (excluding diaryl/α,β-unsaturated/α-hetero) is 1. The largest absolute Gasteiger partial charge is 0.507 e. The number of hydrogen-bond acceptors (Lipinski definition) is 6. The third-order valence-corrected chi connectivity index (χ3v) is 4.97. The number of anilines is 1. The lowest BCUT2D eigenvalue weighted by Crippen LogP contribution is -2.29. The molecule has 0 saturated carbocycles. The minimum absolute atomic E-state index is 0.0454. The van der Waals surface area contributed by atoms with E-state index in [0.29, 0.717) is 28.5 Å². The van der Waals surface area contributed by atoms with Gasteiger partial charge in [0, 0.05) is 11.3 Å². The highest BCUT2D eigenvalue weighted by atomic mass is 16.5. The van der Waals surface area contributed by atoms with Gasteiger partial charge in [0.15, 0.2) is 0 Å². The van der Waals surface area contributed by atoms with Crippen molar-refractivity contribution in [3.63, 3.8) is 0 Å². The van der Waals surface area contributed by atoms with Crippen LogP contribution in [0.4, 0.5) is 5.69 Å². The van der Waals surface area contributed by atoms with Crippen LogP contribution in [0.15, 0.2) is 76.9 Å². The van der Waals surface area contributed by atoms with Gasteiger partial charge < -0.3 is 19.0 Å². The topological polar surface area (TPSA) is 89.2 Å². The van der Waals surface area contributed by atoms with Crippen molar-refractivity contribution in [3.05, 3.63) is 83.8 Å². The monoisotopic (exact) mass is 405 g/mol. The number of carbonyl (C=O) groups is 2. The fourth-order valence-corrected chi connectivity index (χ4v) is 3.46. The lowest BCUT2D eigenvalue weighted by Gasteiger charge is -2.23. The maximum Gasteiger partial charge on any atom is 0.300 e. The zero-order valence-electron chi connectivity index (χ0n) is 16.4. The number of rotatable bonds is 5. The van der Waals surface area contributed by atoms with E-state index >= 15 is 0 Å². The van der Waals surface area contributed by atoms with Crippen LogP contribution in [0, 0.1) is 0 Å². The summed E-state index contributed by atoms with van der Waals surface area (Å²) >= 11 is 0. The van der Waals surface area contributed by atoms with E-state index in [1.54, 1.807) is 67.8 Å². The number of methoxy groups -OCH3 is 2. The Bertz CT molecular complexity index is 1100. The Kier molecular flexibility index (Phi) is 5.02. The number of ether oxygens (including phenoxy) is 2. The lowest BCUT2D eigenvalue weighted by atomic mass is 9.99. The molecule has 1 saturated heterocycles. The molecule has 1 atom stereocenters. The third kappa shape index (κ3) is 3.20. The Morgan fingerprint density at radius 3 is 2.07 bits per heavy atom. The summed E-state index contributed by atoms with van der Waals surface area (Å²) in [4.78, 5) is 27.2. The van der Waals surface area contributed by atoms with Crippen molar-refractivity contribution < 1.29 is 28.6 Å². The average molecular weight is 405 g/mol. The molecule has 1 fully saturated rings. The van der Waals surface area contributed by atoms with Gasteiger partial charge in [0.1, 0.15) is 29.1 Å². The number of amides is 1. The molecule has 4 rings (SSSR count). The van der Waals surface area contributed by atoms with E-state index in [4.69, 9.17) is 13.9 Å². The van der Waals surface area contributed by atoms with Gasteiger partial charge >= 0.3 is 0 Å². The molecule has 1 unspecified atom stereocenters. The van der Waals surface area contributed by atoms with Crippen LogP contribution in [0.2, 0.25) is 0 Å². The number of ketones is 1. The SMILES string of the molecule is COc1ccc(/C(O)=C2/C(=O)C(=O)N(c3ccc(OC)cc3)C2c2ccco2)cc1. The average Bonchev–Trinajstić information content (AvgIpc) is 3.40. The van der Waals surface area contributed by atoms with Crippen LogP contribution in [-0.4, -0.2) is 31.0 Å². The maximum atomic E-state index is 13.0. The van der Waals surface area contributed by atoms with E-state index in [1.165, 1.54) is 18.3 Å². The zero-order chi connectivity index (χ0) is 21.3. The van der Waals surface area contributed by atoms with E-state index in [-0.39, 0.29) is 11.3 Å². The summed E-state index contributed by atoms with van der Waals surface area (Å²) in [5.74, 6) is -0.249. The Morgan fingerprint density at radius 1 is 0.933 bits per heavy atom. The van der Waals surface area contributed by atoms with Crippen LogP contribution in [0.5, 0.6) is 11.5 Å². The standard InChI is InChI=1S/C23H19NO6/c1-28-16-9-5-14(6-10-16)21(25)19-20(18-4-3-13-30-18)24(23(27)22(19)26)15-7-11-17(29-2)12-8-15/h3-13,20,25H,1-2H3/b21-19-. The van der Waals surface area contributed by atoms with Gasteiger partial charge in [0.05, 0.1) is 26.1 Å². The molecule has 7 nitrogen and oxygen atoms in total. The fourth-order valence-electron chi connectivity index (χ4n) is 3.46. The Labute approximate surface area is 172 Å². The minimum atomic E-state index is -0.907. The lowest BCUT2D eigenvalue weighted by molar-refractivity contribution is -0.132. The molecular formula is C23H19NO6. The number of nitrogens with zero attached hydrogens (tertiary/aromatic N) is 1. The van der Waals surface area contributed by atoms with Gasteiger partial charge in [-0.2, -0.15) is 0 Å². The summed E-state index contributed by atoms with van der Waals surface area (Å²) in [7, 11) is 3.07. The summed E-state index contributed by atoms with van der Waals surface area (Å²) in [6.45, 7) is 0. The number of benzene rings is 2. The smallest absolute Gasteiger partial charge is 0.300 e. The van der Waals surface area contributed by atoms with E-state index < -0.39 is 17.7 Å². The number of hydrogen-bond donors (Lipinski definition) is 1. The minimum Gasteiger partial charge on any atom is -0.507 e. The van der Waals surface area contributed by atoms with Gasteiger partial charge in [0.2, 0.25) is 0 Å². The molecule has 0 spiro atoms. The second-order valence-corrected chi connectivity index (χ2v) is 6.61.